The Bertz CT molecular complexity index is 238. The second-order valence-electron chi connectivity index (χ2n) is 2.74. The number of nitrogens with zero attached hydrogens (tertiary/aromatic N) is 1. The van der Waals surface area contributed by atoms with E-state index in [-0.39, 0.29) is 5.91 Å². The monoisotopic (exact) mass is 151 g/mol. The van der Waals surface area contributed by atoms with Crippen molar-refractivity contribution < 1.29 is 4.79 Å². The molecule has 0 fully saturated rings. The van der Waals surface area contributed by atoms with Crippen LogP contribution in [0.25, 0.3) is 0 Å². The topological polar surface area (TPSA) is 20.3 Å². The molecule has 2 heteroatoms. The summed E-state index contributed by atoms with van der Waals surface area (Å²) in [6.45, 7) is 3.93. The SMILES string of the molecule is C/C=C\C1=C(C)N(C)C(=O)C1. The first kappa shape index (κ1) is 8.05. The van der Waals surface area contributed by atoms with Crippen LogP contribution in [0, 0.1) is 0 Å². The lowest BCUT2D eigenvalue weighted by molar-refractivity contribution is -0.126. The molecule has 60 valence electrons. The van der Waals surface area contributed by atoms with E-state index in [1.54, 1.807) is 4.90 Å². The van der Waals surface area contributed by atoms with Crippen molar-refractivity contribution in [1.29, 1.82) is 0 Å². The molecular formula is C9H13NO. The van der Waals surface area contributed by atoms with Gasteiger partial charge >= 0.3 is 0 Å². The Morgan fingerprint density at radius 2 is 2.18 bits per heavy atom. The molecule has 0 radical (unpaired) electrons. The van der Waals surface area contributed by atoms with Crippen LogP contribution < -0.4 is 0 Å². The van der Waals surface area contributed by atoms with Crippen LogP contribution in [0.2, 0.25) is 0 Å². The average molecular weight is 151 g/mol. The molecule has 0 aromatic carbocycles. The Morgan fingerprint density at radius 1 is 1.55 bits per heavy atom. The van der Waals surface area contributed by atoms with Gasteiger partial charge in [0, 0.05) is 12.7 Å². The number of carbonyl (C=O) groups excluding carboxylic acids is 1. The van der Waals surface area contributed by atoms with Crippen LogP contribution in [-0.2, 0) is 4.79 Å². The second kappa shape index (κ2) is 2.91. The molecule has 0 N–H and O–H groups in total. The molecule has 11 heavy (non-hydrogen) atoms. The van der Waals surface area contributed by atoms with Gasteiger partial charge in [0.2, 0.25) is 5.91 Å². The molecule has 1 aliphatic rings. The highest BCUT2D eigenvalue weighted by molar-refractivity contribution is 5.84. The predicted octanol–water partition coefficient (Wildman–Crippen LogP) is 1.70. The summed E-state index contributed by atoms with van der Waals surface area (Å²) in [6, 6.07) is 0. The summed E-state index contributed by atoms with van der Waals surface area (Å²) in [6.07, 6.45) is 4.52. The van der Waals surface area contributed by atoms with Crippen molar-refractivity contribution in [3.63, 3.8) is 0 Å². The number of amides is 1. The Balaban J connectivity index is 2.88. The molecular weight excluding hydrogens is 138 g/mol. The lowest BCUT2D eigenvalue weighted by Crippen LogP contribution is -2.17. The van der Waals surface area contributed by atoms with Crippen LogP contribution in [0.15, 0.2) is 23.4 Å². The van der Waals surface area contributed by atoms with E-state index in [0.29, 0.717) is 6.42 Å². The van der Waals surface area contributed by atoms with Crippen molar-refractivity contribution in [3.05, 3.63) is 23.4 Å². The van der Waals surface area contributed by atoms with Crippen LogP contribution in [0.1, 0.15) is 20.3 Å². The molecule has 0 saturated carbocycles. The van der Waals surface area contributed by atoms with Gasteiger partial charge in [-0.15, -0.1) is 0 Å². The van der Waals surface area contributed by atoms with Crippen LogP contribution in [0.3, 0.4) is 0 Å². The highest BCUT2D eigenvalue weighted by Crippen LogP contribution is 2.22. The minimum atomic E-state index is 0.190. The van der Waals surface area contributed by atoms with Gasteiger partial charge in [-0.2, -0.15) is 0 Å². The van der Waals surface area contributed by atoms with Crippen molar-refractivity contribution in [2.75, 3.05) is 7.05 Å². The maximum atomic E-state index is 11.1. The molecule has 0 aromatic rings. The third-order valence-electron chi connectivity index (χ3n) is 2.05. The van der Waals surface area contributed by atoms with E-state index in [1.165, 1.54) is 0 Å². The predicted molar refractivity (Wildman–Crippen MR) is 44.9 cm³/mol. The van der Waals surface area contributed by atoms with E-state index in [4.69, 9.17) is 0 Å². The molecule has 0 bridgehead atoms. The van der Waals surface area contributed by atoms with Gasteiger partial charge in [-0.3, -0.25) is 4.79 Å². The standard InChI is InChI=1S/C9H13NO/c1-4-5-8-6-9(11)10(3)7(8)2/h4-5H,6H2,1-3H3/b5-4-. The highest BCUT2D eigenvalue weighted by Gasteiger charge is 2.21. The fraction of sp³-hybridized carbons (Fsp3) is 0.444. The zero-order valence-electron chi connectivity index (χ0n) is 7.22. The van der Waals surface area contributed by atoms with E-state index >= 15 is 0 Å². The molecule has 1 rings (SSSR count). The van der Waals surface area contributed by atoms with Gasteiger partial charge in [0.05, 0.1) is 6.42 Å². The third kappa shape index (κ3) is 1.34. The van der Waals surface area contributed by atoms with E-state index < -0.39 is 0 Å². The zero-order chi connectivity index (χ0) is 8.43. The number of rotatable bonds is 1. The lowest BCUT2D eigenvalue weighted by atomic mass is 10.2. The lowest BCUT2D eigenvalue weighted by Gasteiger charge is -2.08. The van der Waals surface area contributed by atoms with Crippen molar-refractivity contribution >= 4 is 5.91 Å². The van der Waals surface area contributed by atoms with Gasteiger partial charge in [0.1, 0.15) is 0 Å². The molecule has 0 saturated heterocycles. The maximum absolute atomic E-state index is 11.1. The number of hydrogen-bond donors (Lipinski definition) is 0. The molecule has 0 spiro atoms. The third-order valence-corrected chi connectivity index (χ3v) is 2.05. The van der Waals surface area contributed by atoms with Crippen LogP contribution >= 0.6 is 0 Å². The van der Waals surface area contributed by atoms with Crippen molar-refractivity contribution in [2.45, 2.75) is 20.3 Å². The van der Waals surface area contributed by atoms with Gasteiger partial charge in [0.25, 0.3) is 0 Å². The summed E-state index contributed by atoms with van der Waals surface area (Å²) in [4.78, 5) is 12.8. The molecule has 1 aliphatic heterocycles. The Labute approximate surface area is 67.2 Å². The zero-order valence-corrected chi connectivity index (χ0v) is 7.22. The Morgan fingerprint density at radius 3 is 2.55 bits per heavy atom. The first-order chi connectivity index (χ1) is 5.16. The highest BCUT2D eigenvalue weighted by atomic mass is 16.2. The van der Waals surface area contributed by atoms with Crippen molar-refractivity contribution in [2.24, 2.45) is 0 Å². The van der Waals surface area contributed by atoms with Crippen LogP contribution in [0.4, 0.5) is 0 Å². The summed E-state index contributed by atoms with van der Waals surface area (Å²) in [5.41, 5.74) is 2.22. The number of allylic oxidation sites excluding steroid dienone is 3. The quantitative estimate of drug-likeness (QED) is 0.558. The Hall–Kier alpha value is -1.05. The van der Waals surface area contributed by atoms with E-state index in [1.807, 2.05) is 33.0 Å². The van der Waals surface area contributed by atoms with E-state index in [0.717, 1.165) is 11.3 Å². The summed E-state index contributed by atoms with van der Waals surface area (Å²) in [5, 5.41) is 0. The normalized spacial score (nSPS) is 19.2. The summed E-state index contributed by atoms with van der Waals surface area (Å²) < 4.78 is 0. The summed E-state index contributed by atoms with van der Waals surface area (Å²) in [7, 11) is 1.81. The molecule has 0 aliphatic carbocycles. The Kier molecular flexibility index (Phi) is 2.13. The summed E-state index contributed by atoms with van der Waals surface area (Å²) in [5.74, 6) is 0.190. The van der Waals surface area contributed by atoms with Gasteiger partial charge < -0.3 is 4.90 Å². The van der Waals surface area contributed by atoms with Crippen LogP contribution in [-0.4, -0.2) is 17.9 Å². The first-order valence-electron chi connectivity index (χ1n) is 3.76. The van der Waals surface area contributed by atoms with Crippen molar-refractivity contribution in [1.82, 2.24) is 4.90 Å². The average Bonchev–Trinajstić information content (AvgIpc) is 2.19. The molecule has 1 amide bonds. The molecule has 1 heterocycles. The first-order valence-corrected chi connectivity index (χ1v) is 3.76. The van der Waals surface area contributed by atoms with Gasteiger partial charge in [-0.25, -0.2) is 0 Å². The molecule has 0 aromatic heterocycles. The summed E-state index contributed by atoms with van der Waals surface area (Å²) >= 11 is 0. The number of hydrogen-bond acceptors (Lipinski definition) is 1. The molecule has 2 nitrogen and oxygen atoms in total. The van der Waals surface area contributed by atoms with E-state index in [9.17, 15) is 4.79 Å². The maximum Gasteiger partial charge on any atom is 0.230 e. The van der Waals surface area contributed by atoms with Crippen molar-refractivity contribution in [3.8, 4) is 0 Å². The largest absolute Gasteiger partial charge is 0.319 e. The fourth-order valence-corrected chi connectivity index (χ4v) is 1.19. The van der Waals surface area contributed by atoms with Gasteiger partial charge in [-0.1, -0.05) is 12.2 Å². The fourth-order valence-electron chi connectivity index (χ4n) is 1.19. The minimum Gasteiger partial charge on any atom is -0.319 e. The van der Waals surface area contributed by atoms with Gasteiger partial charge in [-0.05, 0) is 19.4 Å². The molecule has 0 atom stereocenters. The smallest absolute Gasteiger partial charge is 0.230 e. The minimum absolute atomic E-state index is 0.190. The van der Waals surface area contributed by atoms with Gasteiger partial charge in [0.15, 0.2) is 0 Å². The van der Waals surface area contributed by atoms with Crippen LogP contribution in [0.5, 0.6) is 0 Å². The van der Waals surface area contributed by atoms with E-state index in [2.05, 4.69) is 0 Å². The molecule has 0 unspecified atom stereocenters. The number of carbonyl (C=O) groups is 1. The second-order valence-corrected chi connectivity index (χ2v) is 2.74.